The molecule has 0 radical (unpaired) electrons. The summed E-state index contributed by atoms with van der Waals surface area (Å²) in [7, 11) is 0. The van der Waals surface area contributed by atoms with Gasteiger partial charge in [0.15, 0.2) is 11.6 Å². The molecule has 0 unspecified atom stereocenters. The molecule has 0 spiro atoms. The van der Waals surface area contributed by atoms with E-state index in [9.17, 15) is 9.59 Å². The molecule has 0 fully saturated rings. The van der Waals surface area contributed by atoms with Crippen LogP contribution >= 0.6 is 0 Å². The molecule has 0 N–H and O–H groups in total. The predicted molar refractivity (Wildman–Crippen MR) is 211 cm³/mol. The number of hydrogen-bond donors (Lipinski definition) is 0. The van der Waals surface area contributed by atoms with Crippen molar-refractivity contribution in [2.45, 2.75) is 144 Å². The van der Waals surface area contributed by atoms with E-state index < -0.39 is 0 Å². The van der Waals surface area contributed by atoms with Crippen molar-refractivity contribution < 1.29 is 19.1 Å². The molecule has 282 valence electrons. The van der Waals surface area contributed by atoms with Crippen LogP contribution in [0.15, 0.2) is 48.5 Å². The Hall–Kier alpha value is -2.38. The molecule has 50 heavy (non-hydrogen) atoms. The Kier molecular flexibility index (Phi) is 25.6. The zero-order chi connectivity index (χ0) is 36.1. The molecule has 0 aliphatic rings. The molecule has 0 heterocycles. The van der Waals surface area contributed by atoms with Gasteiger partial charge in [-0.1, -0.05) is 128 Å². The fourth-order valence-electron chi connectivity index (χ4n) is 6.31. The highest BCUT2D eigenvalue weighted by Crippen LogP contribution is 2.21. The molecule has 0 saturated carbocycles. The Bertz CT molecular complexity index is 1010. The molecule has 0 aliphatic carbocycles. The van der Waals surface area contributed by atoms with Crippen molar-refractivity contribution in [3.8, 4) is 11.1 Å². The van der Waals surface area contributed by atoms with Crippen molar-refractivity contribution in [3.63, 3.8) is 0 Å². The van der Waals surface area contributed by atoms with Gasteiger partial charge in [0, 0.05) is 12.8 Å². The highest BCUT2D eigenvalue weighted by molar-refractivity contribution is 5.80. The van der Waals surface area contributed by atoms with E-state index in [0.29, 0.717) is 26.1 Å². The van der Waals surface area contributed by atoms with Crippen LogP contribution < -0.4 is 0 Å². The van der Waals surface area contributed by atoms with Crippen LogP contribution in [-0.4, -0.2) is 73.8 Å². The lowest BCUT2D eigenvalue weighted by molar-refractivity contribution is -0.124. The number of ether oxygens (including phenoxy) is 2. The second-order valence-corrected chi connectivity index (χ2v) is 14.2. The van der Waals surface area contributed by atoms with Crippen LogP contribution in [0.3, 0.4) is 0 Å². The first kappa shape index (κ1) is 43.8. The SMILES string of the molecule is CCCCCN(CCCCC)CCCC(=O)COCc1ccc(-c2ccc(COCC(=O)CCCN(CCCCC)CCCCC)cc2)cc1. The molecule has 0 saturated heterocycles. The van der Waals surface area contributed by atoms with Gasteiger partial charge in [0.25, 0.3) is 0 Å². The second kappa shape index (κ2) is 29.2. The Morgan fingerprint density at radius 3 is 1.04 bits per heavy atom. The molecule has 0 aromatic heterocycles. The van der Waals surface area contributed by atoms with Crippen molar-refractivity contribution in [3.05, 3.63) is 59.7 Å². The average molecular weight is 693 g/mol. The van der Waals surface area contributed by atoms with Crippen molar-refractivity contribution in [1.29, 1.82) is 0 Å². The van der Waals surface area contributed by atoms with E-state index in [1.54, 1.807) is 0 Å². The minimum Gasteiger partial charge on any atom is -0.369 e. The maximum absolute atomic E-state index is 12.5. The maximum atomic E-state index is 12.5. The van der Waals surface area contributed by atoms with Crippen LogP contribution in [0.2, 0.25) is 0 Å². The third-order valence-corrected chi connectivity index (χ3v) is 9.48. The normalized spacial score (nSPS) is 11.6. The Balaban J connectivity index is 1.65. The van der Waals surface area contributed by atoms with Gasteiger partial charge in [0.05, 0.1) is 13.2 Å². The number of Topliss-reactive ketones (excluding diaryl/α,β-unsaturated/α-hetero) is 2. The molecule has 0 bridgehead atoms. The molecular formula is C44H72N2O4. The van der Waals surface area contributed by atoms with Gasteiger partial charge < -0.3 is 19.3 Å². The molecule has 2 aromatic carbocycles. The average Bonchev–Trinajstić information content (AvgIpc) is 3.12. The highest BCUT2D eigenvalue weighted by atomic mass is 16.5. The summed E-state index contributed by atoms with van der Waals surface area (Å²) in [5.74, 6) is 0.379. The first-order valence-electron chi connectivity index (χ1n) is 20.3. The van der Waals surface area contributed by atoms with Crippen molar-refractivity contribution >= 4 is 11.6 Å². The lowest BCUT2D eigenvalue weighted by Crippen LogP contribution is -2.28. The van der Waals surface area contributed by atoms with Crippen molar-refractivity contribution in [2.24, 2.45) is 0 Å². The van der Waals surface area contributed by atoms with E-state index in [1.807, 2.05) is 0 Å². The van der Waals surface area contributed by atoms with Crippen LogP contribution in [0.25, 0.3) is 11.1 Å². The van der Waals surface area contributed by atoms with Crippen LogP contribution in [0, 0.1) is 0 Å². The van der Waals surface area contributed by atoms with E-state index >= 15 is 0 Å². The van der Waals surface area contributed by atoms with Gasteiger partial charge in [-0.15, -0.1) is 0 Å². The number of unbranched alkanes of at least 4 members (excludes halogenated alkanes) is 8. The van der Waals surface area contributed by atoms with Crippen molar-refractivity contribution in [2.75, 3.05) is 52.5 Å². The summed E-state index contributed by atoms with van der Waals surface area (Å²) in [6.07, 6.45) is 18.1. The summed E-state index contributed by atoms with van der Waals surface area (Å²) in [4.78, 5) is 30.0. The third kappa shape index (κ3) is 21.1. The van der Waals surface area contributed by atoms with Crippen LogP contribution in [-0.2, 0) is 32.3 Å². The number of ketones is 2. The molecule has 0 aliphatic heterocycles. The van der Waals surface area contributed by atoms with Crippen molar-refractivity contribution in [1.82, 2.24) is 9.80 Å². The standard InChI is InChI=1S/C44H72N2O4/c1-5-9-13-29-45(30-14-10-6-2)33-17-19-43(47)37-49-35-39-21-25-41(26-22-39)42-27-23-40(24-28-42)36-50-38-44(48)20-18-34-46(31-15-11-7-3)32-16-12-8-4/h21-28H,5-20,29-38H2,1-4H3. The summed E-state index contributed by atoms with van der Waals surface area (Å²) in [5, 5.41) is 0. The number of carbonyl (C=O) groups excluding carboxylic acids is 2. The second-order valence-electron chi connectivity index (χ2n) is 14.2. The van der Waals surface area contributed by atoms with Gasteiger partial charge in [-0.2, -0.15) is 0 Å². The third-order valence-electron chi connectivity index (χ3n) is 9.48. The Labute approximate surface area is 306 Å². The smallest absolute Gasteiger partial charge is 0.158 e. The van der Waals surface area contributed by atoms with Gasteiger partial charge in [0.1, 0.15) is 13.2 Å². The summed E-state index contributed by atoms with van der Waals surface area (Å²) in [5.41, 5.74) is 4.39. The first-order valence-corrected chi connectivity index (χ1v) is 20.3. The summed E-state index contributed by atoms with van der Waals surface area (Å²) in [6, 6.07) is 16.7. The predicted octanol–water partition coefficient (Wildman–Crippen LogP) is 10.5. The van der Waals surface area contributed by atoms with Crippen LogP contribution in [0.5, 0.6) is 0 Å². The minimum atomic E-state index is 0.180. The minimum absolute atomic E-state index is 0.180. The quantitative estimate of drug-likeness (QED) is 0.0694. The lowest BCUT2D eigenvalue weighted by atomic mass is 10.0. The summed E-state index contributed by atoms with van der Waals surface area (Å²) >= 11 is 0. The Morgan fingerprint density at radius 2 is 0.740 bits per heavy atom. The summed E-state index contributed by atoms with van der Waals surface area (Å²) < 4.78 is 11.6. The first-order chi connectivity index (χ1) is 24.5. The molecule has 0 atom stereocenters. The maximum Gasteiger partial charge on any atom is 0.158 e. The number of nitrogens with zero attached hydrogens (tertiary/aromatic N) is 2. The fraction of sp³-hybridized carbons (Fsp3) is 0.682. The van der Waals surface area contributed by atoms with Gasteiger partial charge in [0.2, 0.25) is 0 Å². The zero-order valence-electron chi connectivity index (χ0n) is 32.5. The molecule has 0 amide bonds. The number of rotatable bonds is 33. The number of benzene rings is 2. The van der Waals surface area contributed by atoms with E-state index in [2.05, 4.69) is 86.0 Å². The highest BCUT2D eigenvalue weighted by Gasteiger charge is 2.10. The van der Waals surface area contributed by atoms with Crippen LogP contribution in [0.4, 0.5) is 0 Å². The fourth-order valence-corrected chi connectivity index (χ4v) is 6.31. The van der Waals surface area contributed by atoms with Gasteiger partial charge in [-0.3, -0.25) is 9.59 Å². The molecular weight excluding hydrogens is 620 g/mol. The largest absolute Gasteiger partial charge is 0.369 e. The number of hydrogen-bond acceptors (Lipinski definition) is 6. The topological polar surface area (TPSA) is 59.1 Å². The Morgan fingerprint density at radius 1 is 0.440 bits per heavy atom. The molecule has 2 rings (SSSR count). The van der Waals surface area contributed by atoms with E-state index in [4.69, 9.17) is 9.47 Å². The van der Waals surface area contributed by atoms with Gasteiger partial charge >= 0.3 is 0 Å². The lowest BCUT2D eigenvalue weighted by Gasteiger charge is -2.22. The molecule has 2 aromatic rings. The van der Waals surface area contributed by atoms with Gasteiger partial charge in [-0.05, 0) is 100 Å². The number of carbonyl (C=O) groups is 2. The van der Waals surface area contributed by atoms with E-state index in [-0.39, 0.29) is 24.8 Å². The van der Waals surface area contributed by atoms with Crippen LogP contribution in [0.1, 0.15) is 142 Å². The zero-order valence-corrected chi connectivity index (χ0v) is 32.5. The van der Waals surface area contributed by atoms with E-state index in [1.165, 1.54) is 77.0 Å². The molecule has 6 nitrogen and oxygen atoms in total. The summed E-state index contributed by atoms with van der Waals surface area (Å²) in [6.45, 7) is 16.8. The van der Waals surface area contributed by atoms with E-state index in [0.717, 1.165) is 74.4 Å². The van der Waals surface area contributed by atoms with Gasteiger partial charge in [-0.25, -0.2) is 0 Å². The monoisotopic (exact) mass is 693 g/mol. The molecule has 6 heteroatoms.